The van der Waals surface area contributed by atoms with Gasteiger partial charge in [-0.05, 0) is 46.5 Å². The number of carbonyl (C=O) groups excluding carboxylic acids is 2. The van der Waals surface area contributed by atoms with E-state index in [0.29, 0.717) is 24.2 Å². The third-order valence-electron chi connectivity index (χ3n) is 5.90. The monoisotopic (exact) mass is 468 g/mol. The van der Waals surface area contributed by atoms with E-state index in [9.17, 15) is 9.59 Å². The molecule has 33 heavy (non-hydrogen) atoms. The van der Waals surface area contributed by atoms with Crippen molar-refractivity contribution in [3.8, 4) is 0 Å². The summed E-state index contributed by atoms with van der Waals surface area (Å²) in [7, 11) is 0. The van der Waals surface area contributed by atoms with Crippen molar-refractivity contribution in [2.75, 3.05) is 26.4 Å². The van der Waals surface area contributed by atoms with E-state index in [-0.39, 0.29) is 56.4 Å². The number of rotatable bonds is 12. The molecule has 1 saturated carbocycles. The van der Waals surface area contributed by atoms with E-state index < -0.39 is 11.9 Å². The topological polar surface area (TPSA) is 89.5 Å². The Labute approximate surface area is 197 Å². The van der Waals surface area contributed by atoms with Crippen molar-refractivity contribution in [1.29, 1.82) is 0 Å². The van der Waals surface area contributed by atoms with Gasteiger partial charge in [0, 0.05) is 23.5 Å². The Bertz CT molecular complexity index is 675. The van der Waals surface area contributed by atoms with E-state index in [1.54, 1.807) is 13.8 Å². The summed E-state index contributed by atoms with van der Waals surface area (Å²) in [6.45, 7) is 15.5. The molecular weight excluding hydrogens is 428 g/mol. The van der Waals surface area contributed by atoms with Crippen LogP contribution in [0.1, 0.15) is 59.8 Å². The molecule has 0 radical (unpaired) electrons. The lowest BCUT2D eigenvalue weighted by atomic mass is 9.83. The van der Waals surface area contributed by atoms with Crippen LogP contribution in [-0.2, 0) is 38.0 Å². The molecule has 0 aromatic heterocycles. The Kier molecular flexibility index (Phi) is 11.5. The number of esters is 2. The minimum atomic E-state index is -0.428. The van der Waals surface area contributed by atoms with Gasteiger partial charge in [-0.15, -0.1) is 0 Å². The third kappa shape index (κ3) is 9.20. The van der Waals surface area contributed by atoms with E-state index >= 15 is 0 Å². The van der Waals surface area contributed by atoms with Crippen LogP contribution in [0.4, 0.5) is 0 Å². The molecule has 1 heterocycles. The molecule has 0 aromatic carbocycles. The molecule has 0 N–H and O–H groups in total. The van der Waals surface area contributed by atoms with Crippen LogP contribution in [0, 0.1) is 5.92 Å². The number of ether oxygens (including phenoxy) is 6. The average molecular weight is 469 g/mol. The Morgan fingerprint density at radius 1 is 0.879 bits per heavy atom. The molecule has 6 unspecified atom stereocenters. The van der Waals surface area contributed by atoms with E-state index in [1.807, 2.05) is 0 Å². The van der Waals surface area contributed by atoms with Gasteiger partial charge in [0.15, 0.2) is 6.29 Å². The number of carbonyl (C=O) groups is 2. The zero-order valence-corrected chi connectivity index (χ0v) is 20.5. The van der Waals surface area contributed by atoms with Gasteiger partial charge in [0.25, 0.3) is 0 Å². The molecule has 0 aromatic rings. The second-order valence-corrected chi connectivity index (χ2v) is 8.93. The average Bonchev–Trinajstić information content (AvgIpc) is 2.78. The first kappa shape index (κ1) is 27.5. The van der Waals surface area contributed by atoms with Gasteiger partial charge in [-0.25, -0.2) is 9.59 Å². The fourth-order valence-corrected chi connectivity index (χ4v) is 4.10. The second-order valence-electron chi connectivity index (χ2n) is 8.93. The van der Waals surface area contributed by atoms with Gasteiger partial charge in [-0.2, -0.15) is 0 Å². The lowest BCUT2D eigenvalue weighted by Gasteiger charge is -2.43. The van der Waals surface area contributed by atoms with Crippen molar-refractivity contribution in [3.05, 3.63) is 24.3 Å². The summed E-state index contributed by atoms with van der Waals surface area (Å²) in [5.41, 5.74) is 0.721. The Balaban J connectivity index is 1.91. The van der Waals surface area contributed by atoms with Crippen LogP contribution in [0.3, 0.4) is 0 Å². The highest BCUT2D eigenvalue weighted by Crippen LogP contribution is 2.36. The smallest absolute Gasteiger partial charge is 0.333 e. The molecule has 2 fully saturated rings. The van der Waals surface area contributed by atoms with Crippen LogP contribution in [-0.4, -0.2) is 69.1 Å². The summed E-state index contributed by atoms with van der Waals surface area (Å²) in [5, 5.41) is 0. The van der Waals surface area contributed by atoms with Gasteiger partial charge in [-0.1, -0.05) is 20.1 Å². The van der Waals surface area contributed by atoms with Crippen LogP contribution in [0.15, 0.2) is 24.3 Å². The van der Waals surface area contributed by atoms with Crippen LogP contribution in [0.25, 0.3) is 0 Å². The Hall–Kier alpha value is -1.74. The molecule has 6 atom stereocenters. The Morgan fingerprint density at radius 2 is 1.48 bits per heavy atom. The van der Waals surface area contributed by atoms with E-state index in [0.717, 1.165) is 25.7 Å². The van der Waals surface area contributed by atoms with E-state index in [1.165, 1.54) is 0 Å². The fraction of sp³-hybridized carbons (Fsp3) is 0.760. The van der Waals surface area contributed by atoms with Gasteiger partial charge >= 0.3 is 11.9 Å². The lowest BCUT2D eigenvalue weighted by molar-refractivity contribution is -0.280. The molecule has 0 amide bonds. The molecule has 0 bridgehead atoms. The first-order valence-corrected chi connectivity index (χ1v) is 11.9. The van der Waals surface area contributed by atoms with Crippen molar-refractivity contribution >= 4 is 11.9 Å². The van der Waals surface area contributed by atoms with Crippen molar-refractivity contribution in [1.82, 2.24) is 0 Å². The summed E-state index contributed by atoms with van der Waals surface area (Å²) in [5.74, 6) is -0.790. The zero-order chi connectivity index (χ0) is 24.4. The lowest BCUT2D eigenvalue weighted by Crippen LogP contribution is -2.48. The summed E-state index contributed by atoms with van der Waals surface area (Å²) < 4.78 is 34.7. The summed E-state index contributed by atoms with van der Waals surface area (Å²) >= 11 is 0. The van der Waals surface area contributed by atoms with E-state index in [2.05, 4.69) is 27.0 Å². The molecule has 1 aliphatic carbocycles. The van der Waals surface area contributed by atoms with Gasteiger partial charge in [0.2, 0.25) is 0 Å². The first-order chi connectivity index (χ1) is 15.7. The van der Waals surface area contributed by atoms with Crippen molar-refractivity contribution < 1.29 is 38.0 Å². The summed E-state index contributed by atoms with van der Waals surface area (Å²) in [6, 6.07) is 0. The number of hydrogen-bond donors (Lipinski definition) is 0. The van der Waals surface area contributed by atoms with Crippen molar-refractivity contribution in [3.63, 3.8) is 0 Å². The first-order valence-electron chi connectivity index (χ1n) is 11.9. The van der Waals surface area contributed by atoms with Gasteiger partial charge < -0.3 is 28.4 Å². The zero-order valence-electron chi connectivity index (χ0n) is 20.5. The molecule has 2 aliphatic rings. The SMILES string of the molecule is C=C(C)C(=O)OCCOC1CCC(C2OC(C)CC(CC)O2)C(OCCOC(=O)C(=C)C)C1. The van der Waals surface area contributed by atoms with Crippen LogP contribution < -0.4 is 0 Å². The maximum absolute atomic E-state index is 11.6. The van der Waals surface area contributed by atoms with Crippen molar-refractivity contribution in [2.24, 2.45) is 5.92 Å². The number of hydrogen-bond acceptors (Lipinski definition) is 8. The standard InChI is InChI=1S/C25H40O8/c1-7-19-14-18(6)32-25(33-19)21-9-8-20(28-10-12-30-23(26)16(2)3)15-22(21)29-11-13-31-24(27)17(4)5/h18-22,25H,2,4,7-15H2,1,3,5-6H3. The predicted octanol–water partition coefficient (Wildman–Crippen LogP) is 3.73. The van der Waals surface area contributed by atoms with Gasteiger partial charge in [0.05, 0.1) is 37.6 Å². The summed E-state index contributed by atoms with van der Waals surface area (Å²) in [6.07, 6.45) is 3.90. The molecule has 188 valence electrons. The summed E-state index contributed by atoms with van der Waals surface area (Å²) in [4.78, 5) is 23.1. The van der Waals surface area contributed by atoms with Gasteiger partial charge in [0.1, 0.15) is 13.2 Å². The minimum absolute atomic E-state index is 0.0317. The van der Waals surface area contributed by atoms with Gasteiger partial charge in [-0.3, -0.25) is 0 Å². The maximum Gasteiger partial charge on any atom is 0.333 e. The molecule has 8 heteroatoms. The molecular formula is C25H40O8. The molecule has 8 nitrogen and oxygen atoms in total. The van der Waals surface area contributed by atoms with Crippen LogP contribution in [0.5, 0.6) is 0 Å². The molecule has 2 rings (SSSR count). The maximum atomic E-state index is 11.6. The quantitative estimate of drug-likeness (QED) is 0.243. The normalized spacial score (nSPS) is 29.8. The highest BCUT2D eigenvalue weighted by molar-refractivity contribution is 5.87. The highest BCUT2D eigenvalue weighted by Gasteiger charge is 2.41. The van der Waals surface area contributed by atoms with Crippen LogP contribution in [0.2, 0.25) is 0 Å². The molecule has 0 spiro atoms. The van der Waals surface area contributed by atoms with Crippen molar-refractivity contribution in [2.45, 2.75) is 90.5 Å². The second kappa shape index (κ2) is 13.8. The fourth-order valence-electron chi connectivity index (χ4n) is 4.10. The predicted molar refractivity (Wildman–Crippen MR) is 122 cm³/mol. The largest absolute Gasteiger partial charge is 0.460 e. The van der Waals surface area contributed by atoms with Crippen LogP contribution >= 0.6 is 0 Å². The van der Waals surface area contributed by atoms with E-state index in [4.69, 9.17) is 28.4 Å². The minimum Gasteiger partial charge on any atom is -0.460 e. The third-order valence-corrected chi connectivity index (χ3v) is 5.90. The highest BCUT2D eigenvalue weighted by atomic mass is 16.7. The molecule has 1 aliphatic heterocycles. The molecule has 1 saturated heterocycles. The Morgan fingerprint density at radius 3 is 2.06 bits per heavy atom.